The Labute approximate surface area is 212 Å². The van der Waals surface area contributed by atoms with E-state index < -0.39 is 12.2 Å². The molecule has 0 saturated carbocycles. The Morgan fingerprint density at radius 2 is 0.833 bits per heavy atom. The van der Waals surface area contributed by atoms with Gasteiger partial charge in [0.25, 0.3) is 0 Å². The molecule has 0 aromatic heterocycles. The molecule has 36 heavy (non-hydrogen) atoms. The van der Waals surface area contributed by atoms with E-state index in [1.54, 1.807) is 64.8 Å². The second-order valence-electron chi connectivity index (χ2n) is 8.63. The number of nitrogens with zero attached hydrogens (tertiary/aromatic N) is 2. The van der Waals surface area contributed by atoms with Crippen LogP contribution in [0.15, 0.2) is 36.4 Å². The van der Waals surface area contributed by atoms with Crippen molar-refractivity contribution in [3.8, 4) is 34.5 Å². The normalized spacial score (nSPS) is 16.2. The molecule has 0 unspecified atom stereocenters. The zero-order valence-electron chi connectivity index (χ0n) is 21.5. The van der Waals surface area contributed by atoms with Gasteiger partial charge in [-0.25, -0.2) is 0 Å². The lowest BCUT2D eigenvalue weighted by atomic mass is 10.2. The molecular formula is C26H38N2O8. The average Bonchev–Trinajstić information content (AvgIpc) is 2.91. The topological polar surface area (TPSA) is 102 Å². The molecular weight excluding hydrogens is 468 g/mol. The quantitative estimate of drug-likeness (QED) is 0.392. The number of hydrogen-bond acceptors (Lipinski definition) is 10. The minimum absolute atomic E-state index is 0.168. The van der Waals surface area contributed by atoms with E-state index in [0.717, 1.165) is 26.2 Å². The summed E-state index contributed by atoms with van der Waals surface area (Å²) in [6, 6.07) is 10.6. The van der Waals surface area contributed by atoms with Crippen LogP contribution in [-0.4, -0.2) is 113 Å². The Balaban J connectivity index is 1.36. The second-order valence-corrected chi connectivity index (χ2v) is 8.63. The maximum Gasteiger partial charge on any atom is 0.126 e. The van der Waals surface area contributed by atoms with Crippen LogP contribution in [0.3, 0.4) is 0 Å². The molecule has 1 fully saturated rings. The van der Waals surface area contributed by atoms with E-state index in [-0.39, 0.29) is 13.2 Å². The molecule has 0 amide bonds. The molecule has 0 spiro atoms. The molecule has 200 valence electrons. The van der Waals surface area contributed by atoms with Crippen LogP contribution < -0.4 is 28.4 Å². The lowest BCUT2D eigenvalue weighted by molar-refractivity contribution is 0.0240. The Kier molecular flexibility index (Phi) is 10.7. The van der Waals surface area contributed by atoms with Gasteiger partial charge in [0.2, 0.25) is 0 Å². The number of hydrogen-bond donors (Lipinski definition) is 2. The Morgan fingerprint density at radius 1 is 0.556 bits per heavy atom. The third-order valence-electron chi connectivity index (χ3n) is 5.94. The minimum Gasteiger partial charge on any atom is -0.496 e. The zero-order chi connectivity index (χ0) is 25.9. The Hall–Kier alpha value is -2.92. The summed E-state index contributed by atoms with van der Waals surface area (Å²) in [7, 11) is 6.32. The second kappa shape index (κ2) is 14.0. The molecule has 2 aromatic carbocycles. The van der Waals surface area contributed by atoms with Crippen molar-refractivity contribution in [3.05, 3.63) is 36.4 Å². The van der Waals surface area contributed by atoms with Gasteiger partial charge in [-0.1, -0.05) is 0 Å². The summed E-state index contributed by atoms with van der Waals surface area (Å²) in [4.78, 5) is 4.39. The molecule has 2 N–H and O–H groups in total. The fourth-order valence-electron chi connectivity index (χ4n) is 3.97. The molecule has 1 aliphatic rings. The lowest BCUT2D eigenvalue weighted by Gasteiger charge is -2.36. The average molecular weight is 507 g/mol. The standard InChI is InChI=1S/C26H38N2O8/c1-31-21-9-22(32-2)12-25(11-21)35-17-19(29)15-27-5-7-28(8-6-27)16-20(30)18-36-26-13-23(33-3)10-24(14-26)34-4/h9-14,19-20,29-30H,5-8,15-18H2,1-4H3/t19-,20-/m1/s1. The van der Waals surface area contributed by atoms with Gasteiger partial charge >= 0.3 is 0 Å². The van der Waals surface area contributed by atoms with Crippen molar-refractivity contribution in [3.63, 3.8) is 0 Å². The van der Waals surface area contributed by atoms with Gasteiger partial charge in [-0.3, -0.25) is 9.80 Å². The van der Waals surface area contributed by atoms with Gasteiger partial charge in [0, 0.05) is 75.7 Å². The SMILES string of the molecule is COc1cc(OC)cc(OC[C@H](O)CN2CCN(C[C@@H](O)COc3cc(OC)cc(OC)c3)CC2)c1. The van der Waals surface area contributed by atoms with E-state index in [4.69, 9.17) is 28.4 Å². The van der Waals surface area contributed by atoms with Crippen LogP contribution in [0.4, 0.5) is 0 Å². The molecule has 10 nitrogen and oxygen atoms in total. The molecule has 0 aliphatic carbocycles. The summed E-state index contributed by atoms with van der Waals surface area (Å²) in [6.07, 6.45) is -1.26. The van der Waals surface area contributed by atoms with Gasteiger partial charge < -0.3 is 38.6 Å². The maximum absolute atomic E-state index is 10.5. The number of ether oxygens (including phenoxy) is 6. The maximum atomic E-state index is 10.5. The van der Waals surface area contributed by atoms with Crippen LogP contribution in [0.2, 0.25) is 0 Å². The molecule has 10 heteroatoms. The van der Waals surface area contributed by atoms with Crippen LogP contribution in [0.25, 0.3) is 0 Å². The molecule has 2 aromatic rings. The molecule has 1 heterocycles. The molecule has 2 atom stereocenters. The molecule has 3 rings (SSSR count). The zero-order valence-corrected chi connectivity index (χ0v) is 21.5. The fourth-order valence-corrected chi connectivity index (χ4v) is 3.97. The van der Waals surface area contributed by atoms with Crippen LogP contribution in [0, 0.1) is 0 Å². The van der Waals surface area contributed by atoms with E-state index in [9.17, 15) is 10.2 Å². The first-order valence-electron chi connectivity index (χ1n) is 11.9. The molecule has 1 saturated heterocycles. The monoisotopic (exact) mass is 506 g/mol. The third kappa shape index (κ3) is 8.63. The van der Waals surface area contributed by atoms with Gasteiger partial charge in [0.15, 0.2) is 0 Å². The summed E-state index contributed by atoms with van der Waals surface area (Å²) in [5.41, 5.74) is 0. The van der Waals surface area contributed by atoms with Crippen LogP contribution in [0.5, 0.6) is 34.5 Å². The fraction of sp³-hybridized carbons (Fsp3) is 0.538. The van der Waals surface area contributed by atoms with Crippen molar-refractivity contribution in [2.45, 2.75) is 12.2 Å². The van der Waals surface area contributed by atoms with E-state index >= 15 is 0 Å². The number of piperazine rings is 1. The smallest absolute Gasteiger partial charge is 0.126 e. The van der Waals surface area contributed by atoms with Crippen molar-refractivity contribution < 1.29 is 38.6 Å². The van der Waals surface area contributed by atoms with E-state index in [1.807, 2.05) is 0 Å². The number of benzene rings is 2. The number of rotatable bonds is 14. The van der Waals surface area contributed by atoms with Gasteiger partial charge in [0.1, 0.15) is 59.9 Å². The van der Waals surface area contributed by atoms with Crippen molar-refractivity contribution in [2.75, 3.05) is 80.9 Å². The van der Waals surface area contributed by atoms with Crippen LogP contribution in [-0.2, 0) is 0 Å². The molecule has 0 bridgehead atoms. The largest absolute Gasteiger partial charge is 0.496 e. The summed E-state index contributed by atoms with van der Waals surface area (Å²) < 4.78 is 32.5. The lowest BCUT2D eigenvalue weighted by Crippen LogP contribution is -2.51. The Bertz CT molecular complexity index is 816. The Morgan fingerprint density at radius 3 is 1.11 bits per heavy atom. The van der Waals surface area contributed by atoms with Gasteiger partial charge in [-0.2, -0.15) is 0 Å². The molecule has 0 radical (unpaired) electrons. The number of aliphatic hydroxyl groups excluding tert-OH is 2. The number of aliphatic hydroxyl groups is 2. The summed E-state index contributed by atoms with van der Waals surface area (Å²) in [6.45, 7) is 4.55. The third-order valence-corrected chi connectivity index (χ3v) is 5.94. The predicted octanol–water partition coefficient (Wildman–Crippen LogP) is 1.52. The number of β-amino-alcohol motifs (C(OH)–C–C–N with tert-alkyl or cyclic N) is 2. The van der Waals surface area contributed by atoms with Crippen molar-refractivity contribution >= 4 is 0 Å². The first-order chi connectivity index (χ1) is 17.4. The van der Waals surface area contributed by atoms with Crippen molar-refractivity contribution in [1.29, 1.82) is 0 Å². The predicted molar refractivity (Wildman–Crippen MR) is 135 cm³/mol. The van der Waals surface area contributed by atoms with Crippen LogP contribution >= 0.6 is 0 Å². The van der Waals surface area contributed by atoms with Gasteiger partial charge in [-0.05, 0) is 0 Å². The van der Waals surface area contributed by atoms with E-state index in [1.165, 1.54) is 0 Å². The highest BCUT2D eigenvalue weighted by Gasteiger charge is 2.21. The van der Waals surface area contributed by atoms with Gasteiger partial charge in [-0.15, -0.1) is 0 Å². The van der Waals surface area contributed by atoms with E-state index in [0.29, 0.717) is 47.6 Å². The minimum atomic E-state index is -0.632. The summed E-state index contributed by atoms with van der Waals surface area (Å²) >= 11 is 0. The van der Waals surface area contributed by atoms with E-state index in [2.05, 4.69) is 9.80 Å². The highest BCUT2D eigenvalue weighted by atomic mass is 16.5. The summed E-state index contributed by atoms with van der Waals surface area (Å²) in [5.74, 6) is 3.69. The van der Waals surface area contributed by atoms with Crippen LogP contribution in [0.1, 0.15) is 0 Å². The highest BCUT2D eigenvalue weighted by molar-refractivity contribution is 5.42. The highest BCUT2D eigenvalue weighted by Crippen LogP contribution is 2.28. The first kappa shape index (κ1) is 27.7. The van der Waals surface area contributed by atoms with Crippen molar-refractivity contribution in [1.82, 2.24) is 9.80 Å². The first-order valence-corrected chi connectivity index (χ1v) is 11.9. The van der Waals surface area contributed by atoms with Gasteiger partial charge in [0.05, 0.1) is 28.4 Å². The summed E-state index contributed by atoms with van der Waals surface area (Å²) in [5, 5.41) is 20.9. The molecule has 1 aliphatic heterocycles. The van der Waals surface area contributed by atoms with Crippen molar-refractivity contribution in [2.24, 2.45) is 0 Å². The number of methoxy groups -OCH3 is 4.